The van der Waals surface area contributed by atoms with E-state index in [4.69, 9.17) is 0 Å². The van der Waals surface area contributed by atoms with Gasteiger partial charge in [0.1, 0.15) is 0 Å². The maximum absolute atomic E-state index is 13.7. The van der Waals surface area contributed by atoms with Crippen molar-refractivity contribution in [2.45, 2.75) is 67.4 Å². The van der Waals surface area contributed by atoms with Crippen LogP contribution in [0, 0.1) is 0 Å². The zero-order valence-electron chi connectivity index (χ0n) is 16.8. The molecule has 0 aromatic carbocycles. The van der Waals surface area contributed by atoms with Gasteiger partial charge in [0.25, 0.3) is 0 Å². The molecular weight excluding hydrogens is 573 g/mol. The molecular formula is C15H9F19O2. The molecule has 0 N–H and O–H groups in total. The fourth-order valence-corrected chi connectivity index (χ4v) is 2.20. The van der Waals surface area contributed by atoms with Crippen LogP contribution in [0.3, 0.4) is 0 Å². The number of carbonyl (C=O) groups excluding carboxylic acids is 1. The van der Waals surface area contributed by atoms with Crippen LogP contribution in [-0.2, 0) is 9.53 Å². The lowest BCUT2D eigenvalue weighted by molar-refractivity contribution is -0.470. The minimum Gasteiger partial charge on any atom is -0.463 e. The summed E-state index contributed by atoms with van der Waals surface area (Å²) in [5.41, 5.74) is -10.6. The van der Waals surface area contributed by atoms with Gasteiger partial charge in [-0.1, -0.05) is 0 Å². The minimum atomic E-state index is -9.08. The Bertz CT molecular complexity index is 834. The second kappa shape index (κ2) is 9.02. The van der Waals surface area contributed by atoms with Crippen molar-refractivity contribution < 1.29 is 92.9 Å². The van der Waals surface area contributed by atoms with Crippen LogP contribution in [0.2, 0.25) is 0 Å². The fraction of sp³-hybridized carbons (Fsp3) is 0.800. The highest BCUT2D eigenvalue weighted by Gasteiger charge is 2.98. The SMILES string of the molecule is CCOC(=O)C(C)=CC(F)(F)C(F)(F)C(F)(F)C(F)(F)C(F)(F)C(F)(F)C(F)(C(F)(F)F)C(F)(F)F. The molecule has 0 saturated carbocycles. The Morgan fingerprint density at radius 1 is 0.583 bits per heavy atom. The van der Waals surface area contributed by atoms with Gasteiger partial charge in [0, 0.05) is 11.6 Å². The van der Waals surface area contributed by atoms with Crippen LogP contribution >= 0.6 is 0 Å². The van der Waals surface area contributed by atoms with Gasteiger partial charge in [0.15, 0.2) is 0 Å². The highest BCUT2D eigenvalue weighted by Crippen LogP contribution is 2.66. The van der Waals surface area contributed by atoms with Gasteiger partial charge in [-0.2, -0.15) is 79.0 Å². The van der Waals surface area contributed by atoms with E-state index in [9.17, 15) is 88.2 Å². The Labute approximate surface area is 186 Å². The van der Waals surface area contributed by atoms with Gasteiger partial charge in [-0.15, -0.1) is 0 Å². The maximum Gasteiger partial charge on any atom is 0.438 e. The van der Waals surface area contributed by atoms with Crippen molar-refractivity contribution in [3.63, 3.8) is 0 Å². The Kier molecular flexibility index (Phi) is 8.49. The monoisotopic (exact) mass is 582 g/mol. The maximum atomic E-state index is 13.7. The van der Waals surface area contributed by atoms with Crippen LogP contribution in [0.5, 0.6) is 0 Å². The fourth-order valence-electron chi connectivity index (χ4n) is 2.20. The third-order valence-corrected chi connectivity index (χ3v) is 4.21. The highest BCUT2D eigenvalue weighted by atomic mass is 19.4. The number of hydrogen-bond acceptors (Lipinski definition) is 2. The first-order valence-corrected chi connectivity index (χ1v) is 8.32. The summed E-state index contributed by atoms with van der Waals surface area (Å²) in [5, 5.41) is 0. The van der Waals surface area contributed by atoms with Crippen LogP contribution in [0.15, 0.2) is 11.6 Å². The van der Waals surface area contributed by atoms with E-state index in [2.05, 4.69) is 4.74 Å². The molecule has 0 unspecified atom stereocenters. The number of halogens is 19. The van der Waals surface area contributed by atoms with Crippen LogP contribution in [0.4, 0.5) is 83.4 Å². The topological polar surface area (TPSA) is 26.3 Å². The molecule has 0 amide bonds. The van der Waals surface area contributed by atoms with Gasteiger partial charge >= 0.3 is 59.5 Å². The molecule has 0 atom stereocenters. The zero-order valence-corrected chi connectivity index (χ0v) is 16.8. The number of esters is 1. The predicted molar refractivity (Wildman–Crippen MR) is 76.0 cm³/mol. The first-order valence-electron chi connectivity index (χ1n) is 8.32. The summed E-state index contributed by atoms with van der Waals surface area (Å²) in [6.45, 7) is 0.331. The van der Waals surface area contributed by atoms with Crippen LogP contribution in [0.1, 0.15) is 13.8 Å². The summed E-state index contributed by atoms with van der Waals surface area (Å²) in [4.78, 5) is 11.1. The van der Waals surface area contributed by atoms with E-state index < -0.39 is 77.8 Å². The second-order valence-corrected chi connectivity index (χ2v) is 6.70. The third-order valence-electron chi connectivity index (χ3n) is 4.21. The van der Waals surface area contributed by atoms with Crippen molar-refractivity contribution in [1.82, 2.24) is 0 Å². The summed E-state index contributed by atoms with van der Waals surface area (Å²) in [6, 6.07) is 0. The van der Waals surface area contributed by atoms with Gasteiger partial charge in [0.2, 0.25) is 0 Å². The number of ether oxygens (including phenoxy) is 1. The molecule has 0 heterocycles. The van der Waals surface area contributed by atoms with Gasteiger partial charge in [-0.05, 0) is 13.8 Å². The van der Waals surface area contributed by atoms with E-state index in [1.165, 1.54) is 0 Å². The Morgan fingerprint density at radius 2 is 0.889 bits per heavy atom. The lowest BCUT2D eigenvalue weighted by atomic mass is 9.83. The van der Waals surface area contributed by atoms with E-state index in [1.807, 2.05) is 0 Å². The van der Waals surface area contributed by atoms with E-state index in [-0.39, 0.29) is 6.92 Å². The molecule has 0 rings (SSSR count). The molecule has 0 bridgehead atoms. The molecule has 214 valence electrons. The molecule has 0 fully saturated rings. The molecule has 0 aliphatic heterocycles. The minimum absolute atomic E-state index is 0.0745. The number of carbonyl (C=O) groups is 1. The Balaban J connectivity index is 7.10. The van der Waals surface area contributed by atoms with Crippen LogP contribution in [-0.4, -0.2) is 66.1 Å². The average molecular weight is 582 g/mol. The molecule has 0 aliphatic rings. The standard InChI is InChI=1S/C15H9F19O2/c1-3-36-6(35)5(2)4-7(16,17)9(19,20)11(23,24)13(27,28)12(25,26)10(21,22)8(18,14(29,30)31)15(32,33)34/h4H,3H2,1-2H3. The summed E-state index contributed by atoms with van der Waals surface area (Å²) in [7, 11) is 0. The lowest BCUT2D eigenvalue weighted by Crippen LogP contribution is -2.77. The van der Waals surface area contributed by atoms with Crippen molar-refractivity contribution in [3.8, 4) is 0 Å². The number of allylic oxidation sites excluding steroid dienone is 1. The molecule has 0 aliphatic carbocycles. The molecule has 21 heteroatoms. The van der Waals surface area contributed by atoms with Crippen LogP contribution in [0.25, 0.3) is 0 Å². The largest absolute Gasteiger partial charge is 0.463 e. The van der Waals surface area contributed by atoms with Gasteiger partial charge < -0.3 is 4.74 Å². The van der Waals surface area contributed by atoms with Crippen molar-refractivity contribution >= 4 is 5.97 Å². The van der Waals surface area contributed by atoms with Crippen LogP contribution < -0.4 is 0 Å². The lowest BCUT2D eigenvalue weighted by Gasteiger charge is -2.44. The van der Waals surface area contributed by atoms with Gasteiger partial charge in [-0.3, -0.25) is 0 Å². The number of rotatable bonds is 9. The summed E-state index contributed by atoms with van der Waals surface area (Å²) in [6.07, 6.45) is -18.3. The van der Waals surface area contributed by atoms with Gasteiger partial charge in [-0.25, -0.2) is 9.18 Å². The normalized spacial score (nSPS) is 16.3. The highest BCUT2D eigenvalue weighted by molar-refractivity contribution is 5.87. The van der Waals surface area contributed by atoms with Crippen molar-refractivity contribution in [2.75, 3.05) is 6.61 Å². The van der Waals surface area contributed by atoms with E-state index >= 15 is 0 Å². The zero-order chi connectivity index (χ0) is 29.8. The molecule has 36 heavy (non-hydrogen) atoms. The molecule has 2 nitrogen and oxygen atoms in total. The van der Waals surface area contributed by atoms with Crippen molar-refractivity contribution in [2.24, 2.45) is 0 Å². The second-order valence-electron chi connectivity index (χ2n) is 6.70. The average Bonchev–Trinajstić information content (AvgIpc) is 2.64. The molecule has 0 saturated heterocycles. The molecule has 0 aromatic heterocycles. The summed E-state index contributed by atoms with van der Waals surface area (Å²) >= 11 is 0. The van der Waals surface area contributed by atoms with Gasteiger partial charge in [0.05, 0.1) is 6.61 Å². The summed E-state index contributed by atoms with van der Waals surface area (Å²) < 4.78 is 255. The quantitative estimate of drug-likeness (QED) is 0.164. The van der Waals surface area contributed by atoms with Crippen molar-refractivity contribution in [1.29, 1.82) is 0 Å². The van der Waals surface area contributed by atoms with E-state index in [0.29, 0.717) is 0 Å². The first kappa shape index (κ1) is 33.9. The molecule has 0 radical (unpaired) electrons. The van der Waals surface area contributed by atoms with E-state index in [0.717, 1.165) is 6.92 Å². The molecule has 0 spiro atoms. The molecule has 0 aromatic rings. The van der Waals surface area contributed by atoms with Crippen molar-refractivity contribution in [3.05, 3.63) is 11.6 Å². The number of alkyl halides is 19. The Morgan fingerprint density at radius 3 is 1.19 bits per heavy atom. The third kappa shape index (κ3) is 4.53. The summed E-state index contributed by atoms with van der Waals surface area (Å²) in [5.74, 6) is -52.7. The first-order chi connectivity index (χ1) is 15.4. The smallest absolute Gasteiger partial charge is 0.438 e. The Hall–Kier alpha value is -2.12. The number of hydrogen-bond donors (Lipinski definition) is 0. The predicted octanol–water partition coefficient (Wildman–Crippen LogP) is 7.14. The van der Waals surface area contributed by atoms with E-state index in [1.54, 1.807) is 0 Å².